The number of ether oxygens (including phenoxy) is 4. The molecule has 3 unspecified atom stereocenters. The van der Waals surface area contributed by atoms with Crippen LogP contribution in [0.15, 0.2) is 0 Å². The van der Waals surface area contributed by atoms with Crippen molar-refractivity contribution in [2.75, 3.05) is 39.6 Å². The molecule has 0 heterocycles. The fourth-order valence-electron chi connectivity index (χ4n) is 10.6. The number of phosphoric ester groups is 2. The first-order valence-corrected chi connectivity index (χ1v) is 39.5. The van der Waals surface area contributed by atoms with Gasteiger partial charge in [0, 0.05) is 25.7 Å². The Morgan fingerprint density at radius 1 is 0.326 bits per heavy atom. The van der Waals surface area contributed by atoms with Gasteiger partial charge >= 0.3 is 39.5 Å². The number of unbranched alkanes of at least 4 members (excludes halogenated alkanes) is 38. The number of hydrogen-bond donors (Lipinski definition) is 3. The van der Waals surface area contributed by atoms with Gasteiger partial charge in [0.2, 0.25) is 0 Å². The lowest BCUT2D eigenvalue weighted by atomic mass is 9.99. The molecular weight excluding hydrogens is 1170 g/mol. The lowest BCUT2D eigenvalue weighted by Gasteiger charge is -2.21. The van der Waals surface area contributed by atoms with E-state index in [1.165, 1.54) is 167 Å². The van der Waals surface area contributed by atoms with Gasteiger partial charge in [-0.05, 0) is 37.5 Å². The Bertz CT molecular complexity index is 1740. The summed E-state index contributed by atoms with van der Waals surface area (Å²) >= 11 is 0. The maximum Gasteiger partial charge on any atom is 0.472 e. The molecule has 0 aliphatic rings. The molecule has 0 spiro atoms. The second kappa shape index (κ2) is 62.2. The van der Waals surface area contributed by atoms with Crippen LogP contribution in [0.3, 0.4) is 0 Å². The molecule has 0 saturated carbocycles. The smallest absolute Gasteiger partial charge is 0.462 e. The summed E-state index contributed by atoms with van der Waals surface area (Å²) in [7, 11) is -9.90. The van der Waals surface area contributed by atoms with Crippen LogP contribution in [0, 0.1) is 11.8 Å². The fourth-order valence-corrected chi connectivity index (χ4v) is 12.1. The zero-order valence-corrected chi connectivity index (χ0v) is 59.5. The molecule has 0 aromatic rings. The van der Waals surface area contributed by atoms with E-state index in [1.54, 1.807) is 0 Å². The third-order valence-electron chi connectivity index (χ3n) is 16.6. The number of carbonyl (C=O) groups excluding carboxylic acids is 4. The summed E-state index contributed by atoms with van der Waals surface area (Å²) in [6, 6.07) is 0. The predicted molar refractivity (Wildman–Crippen MR) is 358 cm³/mol. The zero-order chi connectivity index (χ0) is 65.7. The van der Waals surface area contributed by atoms with Crippen LogP contribution >= 0.6 is 15.6 Å². The number of esters is 4. The Hall–Kier alpha value is -1.94. The molecule has 528 valence electrons. The normalized spacial score (nSPS) is 14.4. The van der Waals surface area contributed by atoms with Crippen LogP contribution in [0.25, 0.3) is 0 Å². The van der Waals surface area contributed by atoms with Crippen LogP contribution in [0.1, 0.15) is 356 Å². The van der Waals surface area contributed by atoms with Gasteiger partial charge in [0.15, 0.2) is 12.2 Å². The van der Waals surface area contributed by atoms with Crippen molar-refractivity contribution in [1.82, 2.24) is 0 Å². The van der Waals surface area contributed by atoms with Crippen molar-refractivity contribution in [2.24, 2.45) is 11.8 Å². The van der Waals surface area contributed by atoms with E-state index in [9.17, 15) is 43.2 Å². The van der Waals surface area contributed by atoms with Crippen molar-refractivity contribution in [3.63, 3.8) is 0 Å². The van der Waals surface area contributed by atoms with E-state index in [1.807, 2.05) is 0 Å². The molecule has 6 atom stereocenters. The average molecular weight is 1310 g/mol. The maximum atomic E-state index is 13.0. The molecule has 0 radical (unpaired) electrons. The molecule has 0 aromatic heterocycles. The van der Waals surface area contributed by atoms with Gasteiger partial charge in [-0.25, -0.2) is 9.13 Å². The van der Waals surface area contributed by atoms with E-state index in [4.69, 9.17) is 37.0 Å². The highest BCUT2D eigenvalue weighted by Gasteiger charge is 2.30. The van der Waals surface area contributed by atoms with Crippen molar-refractivity contribution in [2.45, 2.75) is 374 Å². The summed E-state index contributed by atoms with van der Waals surface area (Å²) in [5.41, 5.74) is 0. The maximum absolute atomic E-state index is 13.0. The quantitative estimate of drug-likeness (QED) is 0.0222. The van der Waals surface area contributed by atoms with E-state index < -0.39 is 97.5 Å². The monoisotopic (exact) mass is 1310 g/mol. The van der Waals surface area contributed by atoms with Crippen LogP contribution < -0.4 is 0 Å². The molecule has 89 heavy (non-hydrogen) atoms. The molecule has 17 nitrogen and oxygen atoms in total. The Morgan fingerprint density at radius 3 is 0.854 bits per heavy atom. The molecule has 0 saturated heterocycles. The first-order chi connectivity index (χ1) is 42.9. The number of aliphatic hydroxyl groups excluding tert-OH is 1. The lowest BCUT2D eigenvalue weighted by Crippen LogP contribution is -2.30. The number of hydrogen-bond acceptors (Lipinski definition) is 15. The largest absolute Gasteiger partial charge is 0.472 e. The topological polar surface area (TPSA) is 237 Å². The standard InChI is InChI=1S/C70H136O17P2/c1-7-10-12-14-16-18-19-20-21-22-23-24-25-26-27-28-36-42-48-54-69(74)86-65(59-81-68(73)53-47-41-35-30-29-33-39-45-51-63(6)9-3)60-84-88(76,77)82-56-64(71)57-83-89(78,79)85-61-66(58-80-67(72)52-46-40-34-17-15-13-11-8-2)87-70(75)55-49-43-37-31-32-38-44-50-62(4)5/h62-66,71H,7-61H2,1-6H3,(H,76,77)(H,78,79)/t63?,64-,65-,66-/m1/s1. The SMILES string of the molecule is CCCCCCCCCCCCCCCCCCCCCC(=O)O[C@H](COC(=O)CCCCCCCCCCC(C)CC)COP(=O)(O)OC[C@@H](O)COP(=O)(O)OC[C@@H](COC(=O)CCCCCCCCCC)OC(=O)CCCCCCCCCC(C)C. The lowest BCUT2D eigenvalue weighted by molar-refractivity contribution is -0.161. The fraction of sp³-hybridized carbons (Fsp3) is 0.943. The van der Waals surface area contributed by atoms with Crippen molar-refractivity contribution in [3.8, 4) is 0 Å². The number of carbonyl (C=O) groups is 4. The Labute approximate surface area is 543 Å². The highest BCUT2D eigenvalue weighted by Crippen LogP contribution is 2.45. The van der Waals surface area contributed by atoms with E-state index in [-0.39, 0.29) is 25.7 Å². The van der Waals surface area contributed by atoms with Gasteiger partial charge in [-0.1, -0.05) is 305 Å². The van der Waals surface area contributed by atoms with Crippen LogP contribution in [0.4, 0.5) is 0 Å². The zero-order valence-electron chi connectivity index (χ0n) is 57.7. The van der Waals surface area contributed by atoms with Gasteiger partial charge in [-0.3, -0.25) is 37.3 Å². The number of aliphatic hydroxyl groups is 1. The first kappa shape index (κ1) is 87.1. The van der Waals surface area contributed by atoms with Crippen molar-refractivity contribution >= 4 is 39.5 Å². The minimum Gasteiger partial charge on any atom is -0.462 e. The minimum atomic E-state index is -4.95. The van der Waals surface area contributed by atoms with Gasteiger partial charge in [-0.2, -0.15) is 0 Å². The Balaban J connectivity index is 5.19. The summed E-state index contributed by atoms with van der Waals surface area (Å²) in [5.74, 6) is -0.657. The van der Waals surface area contributed by atoms with Crippen LogP contribution in [-0.2, 0) is 65.4 Å². The van der Waals surface area contributed by atoms with Crippen LogP contribution in [0.2, 0.25) is 0 Å². The van der Waals surface area contributed by atoms with E-state index in [0.717, 1.165) is 102 Å². The summed E-state index contributed by atoms with van der Waals surface area (Å²) < 4.78 is 68.2. The van der Waals surface area contributed by atoms with Crippen LogP contribution in [-0.4, -0.2) is 96.7 Å². The van der Waals surface area contributed by atoms with Gasteiger partial charge in [0.25, 0.3) is 0 Å². The van der Waals surface area contributed by atoms with Crippen LogP contribution in [0.5, 0.6) is 0 Å². The molecule has 19 heteroatoms. The highest BCUT2D eigenvalue weighted by atomic mass is 31.2. The van der Waals surface area contributed by atoms with Crippen molar-refractivity contribution in [1.29, 1.82) is 0 Å². The van der Waals surface area contributed by atoms with Gasteiger partial charge in [0.05, 0.1) is 26.4 Å². The Morgan fingerprint density at radius 2 is 0.573 bits per heavy atom. The second-order valence-corrected chi connectivity index (χ2v) is 28.9. The summed E-state index contributed by atoms with van der Waals surface area (Å²) in [5, 5.41) is 10.6. The van der Waals surface area contributed by atoms with Gasteiger partial charge < -0.3 is 33.8 Å². The van der Waals surface area contributed by atoms with Gasteiger partial charge in [0.1, 0.15) is 19.3 Å². The highest BCUT2D eigenvalue weighted by molar-refractivity contribution is 7.47. The summed E-state index contributed by atoms with van der Waals surface area (Å²) in [4.78, 5) is 72.4. The molecule has 0 aliphatic heterocycles. The predicted octanol–water partition coefficient (Wildman–Crippen LogP) is 20.0. The minimum absolute atomic E-state index is 0.103. The van der Waals surface area contributed by atoms with E-state index in [2.05, 4.69) is 41.5 Å². The molecule has 0 amide bonds. The number of phosphoric acid groups is 2. The second-order valence-electron chi connectivity index (χ2n) is 26.0. The molecule has 0 rings (SSSR count). The average Bonchev–Trinajstić information content (AvgIpc) is 3.72. The third kappa shape index (κ3) is 63.2. The molecular formula is C70H136O17P2. The molecule has 0 aromatic carbocycles. The van der Waals surface area contributed by atoms with Crippen molar-refractivity contribution in [3.05, 3.63) is 0 Å². The molecule has 0 bridgehead atoms. The molecule has 3 N–H and O–H groups in total. The summed E-state index contributed by atoms with van der Waals surface area (Å²) in [6.45, 7) is 9.46. The first-order valence-electron chi connectivity index (χ1n) is 36.5. The molecule has 0 aliphatic carbocycles. The summed E-state index contributed by atoms with van der Waals surface area (Å²) in [6.07, 6.45) is 47.4. The van der Waals surface area contributed by atoms with E-state index in [0.29, 0.717) is 31.6 Å². The Kier molecular flexibility index (Phi) is 60.8. The number of rotatable bonds is 69. The van der Waals surface area contributed by atoms with Crippen molar-refractivity contribution < 1.29 is 80.2 Å². The molecule has 0 fully saturated rings. The third-order valence-corrected chi connectivity index (χ3v) is 18.5. The van der Waals surface area contributed by atoms with E-state index >= 15 is 0 Å². The van der Waals surface area contributed by atoms with Gasteiger partial charge in [-0.15, -0.1) is 0 Å².